The van der Waals surface area contributed by atoms with Crippen LogP contribution in [-0.2, 0) is 9.84 Å². The number of aromatic nitrogens is 1. The maximum Gasteiger partial charge on any atom is 0.241 e. The van der Waals surface area contributed by atoms with Gasteiger partial charge in [0.2, 0.25) is 6.54 Å². The first-order chi connectivity index (χ1) is 11.4. The van der Waals surface area contributed by atoms with E-state index in [0.29, 0.717) is 11.4 Å². The summed E-state index contributed by atoms with van der Waals surface area (Å²) < 4.78 is 25.1. The second kappa shape index (κ2) is 6.57. The Labute approximate surface area is 142 Å². The Balaban J connectivity index is 1.73. The SMILES string of the molecule is C[N+]1=CC=C(CNc2cccc(-c3ccc(S(C)(=O)=O)cc3)n2)[CH]1. The van der Waals surface area contributed by atoms with Crippen LogP contribution in [0.5, 0.6) is 0 Å². The molecule has 2 aromatic rings. The highest BCUT2D eigenvalue weighted by molar-refractivity contribution is 7.90. The fourth-order valence-electron chi connectivity index (χ4n) is 2.42. The number of hydrogen-bond donors (Lipinski definition) is 1. The predicted octanol–water partition coefficient (Wildman–Crippen LogP) is 2.38. The molecule has 0 saturated heterocycles. The van der Waals surface area contributed by atoms with Gasteiger partial charge in [0.05, 0.1) is 10.6 Å². The normalized spacial score (nSPS) is 14.2. The molecule has 0 spiro atoms. The molecular formula is C18H19N3O2S+. The van der Waals surface area contributed by atoms with Crippen molar-refractivity contribution in [1.82, 2.24) is 4.98 Å². The van der Waals surface area contributed by atoms with Crippen LogP contribution < -0.4 is 5.32 Å². The van der Waals surface area contributed by atoms with Gasteiger partial charge in [0, 0.05) is 30.0 Å². The van der Waals surface area contributed by atoms with Gasteiger partial charge < -0.3 is 5.32 Å². The molecule has 0 atom stereocenters. The van der Waals surface area contributed by atoms with Gasteiger partial charge in [0.25, 0.3) is 0 Å². The molecule has 3 rings (SSSR count). The van der Waals surface area contributed by atoms with Gasteiger partial charge in [-0.15, -0.1) is 0 Å². The maximum absolute atomic E-state index is 11.5. The van der Waals surface area contributed by atoms with Crippen molar-refractivity contribution >= 4 is 21.9 Å². The molecule has 123 valence electrons. The lowest BCUT2D eigenvalue weighted by Crippen LogP contribution is -2.08. The van der Waals surface area contributed by atoms with E-state index < -0.39 is 9.84 Å². The minimum Gasteiger partial charge on any atom is -0.366 e. The molecule has 5 nitrogen and oxygen atoms in total. The highest BCUT2D eigenvalue weighted by Gasteiger charge is 2.12. The van der Waals surface area contributed by atoms with E-state index in [2.05, 4.69) is 22.9 Å². The summed E-state index contributed by atoms with van der Waals surface area (Å²) in [5, 5.41) is 3.30. The fourth-order valence-corrected chi connectivity index (χ4v) is 3.06. The Morgan fingerprint density at radius 3 is 2.50 bits per heavy atom. The molecule has 24 heavy (non-hydrogen) atoms. The molecule has 0 bridgehead atoms. The minimum absolute atomic E-state index is 0.310. The topological polar surface area (TPSA) is 62.1 Å². The smallest absolute Gasteiger partial charge is 0.241 e. The molecule has 0 fully saturated rings. The van der Waals surface area contributed by atoms with Crippen molar-refractivity contribution in [2.45, 2.75) is 4.90 Å². The molecule has 0 aliphatic carbocycles. The number of pyridine rings is 1. The molecule has 1 aliphatic heterocycles. The summed E-state index contributed by atoms with van der Waals surface area (Å²) in [7, 11) is -1.19. The van der Waals surface area contributed by atoms with E-state index in [9.17, 15) is 8.42 Å². The van der Waals surface area contributed by atoms with Crippen molar-refractivity contribution in [2.24, 2.45) is 0 Å². The van der Waals surface area contributed by atoms with E-state index in [1.54, 1.807) is 24.3 Å². The van der Waals surface area contributed by atoms with Crippen molar-refractivity contribution in [3.63, 3.8) is 0 Å². The highest BCUT2D eigenvalue weighted by Crippen LogP contribution is 2.21. The van der Waals surface area contributed by atoms with Crippen LogP contribution >= 0.6 is 0 Å². The maximum atomic E-state index is 11.5. The summed E-state index contributed by atoms with van der Waals surface area (Å²) in [6.45, 7) is 2.76. The van der Waals surface area contributed by atoms with E-state index in [-0.39, 0.29) is 0 Å². The zero-order valence-electron chi connectivity index (χ0n) is 13.6. The average Bonchev–Trinajstić information content (AvgIpc) is 2.98. The average molecular weight is 341 g/mol. The first-order valence-electron chi connectivity index (χ1n) is 7.54. The summed E-state index contributed by atoms with van der Waals surface area (Å²) in [4.78, 5) is 4.90. The van der Waals surface area contributed by atoms with Crippen LogP contribution in [0.25, 0.3) is 11.3 Å². The molecule has 0 amide bonds. The van der Waals surface area contributed by atoms with Crippen LogP contribution in [0.2, 0.25) is 0 Å². The third-order valence-electron chi connectivity index (χ3n) is 3.69. The summed E-state index contributed by atoms with van der Waals surface area (Å²) in [5.74, 6) is 0.781. The fraction of sp³-hybridized carbons (Fsp3) is 0.167. The third-order valence-corrected chi connectivity index (χ3v) is 4.82. The highest BCUT2D eigenvalue weighted by atomic mass is 32.2. The van der Waals surface area contributed by atoms with E-state index in [0.717, 1.165) is 17.1 Å². The van der Waals surface area contributed by atoms with E-state index in [4.69, 9.17) is 0 Å². The molecule has 1 aromatic carbocycles. The van der Waals surface area contributed by atoms with Crippen molar-refractivity contribution in [1.29, 1.82) is 0 Å². The number of allylic oxidation sites excluding steroid dienone is 1. The number of anilines is 1. The van der Waals surface area contributed by atoms with Gasteiger partial charge in [0.1, 0.15) is 12.9 Å². The summed E-state index contributed by atoms with van der Waals surface area (Å²) in [6.07, 6.45) is 5.26. The number of hydrogen-bond acceptors (Lipinski definition) is 4. The van der Waals surface area contributed by atoms with Gasteiger partial charge in [-0.05, 0) is 24.3 Å². The van der Waals surface area contributed by atoms with Crippen LogP contribution in [0.3, 0.4) is 0 Å². The van der Waals surface area contributed by atoms with Crippen molar-refractivity contribution in [3.8, 4) is 11.3 Å². The minimum atomic E-state index is -3.18. The van der Waals surface area contributed by atoms with Gasteiger partial charge >= 0.3 is 0 Å². The quantitative estimate of drug-likeness (QED) is 0.848. The van der Waals surface area contributed by atoms with Gasteiger partial charge in [-0.3, -0.25) is 0 Å². The number of benzene rings is 1. The van der Waals surface area contributed by atoms with E-state index in [1.165, 1.54) is 11.8 Å². The molecule has 0 unspecified atom stereocenters. The molecule has 1 radical (unpaired) electrons. The predicted molar refractivity (Wildman–Crippen MR) is 95.9 cm³/mol. The van der Waals surface area contributed by atoms with E-state index in [1.807, 2.05) is 36.0 Å². The number of nitrogens with zero attached hydrogens (tertiary/aromatic N) is 2. The summed E-state index contributed by atoms with van der Waals surface area (Å²) >= 11 is 0. The molecule has 0 saturated carbocycles. The van der Waals surface area contributed by atoms with Gasteiger partial charge in [-0.25, -0.2) is 18.0 Å². The zero-order chi connectivity index (χ0) is 17.2. The Kier molecular flexibility index (Phi) is 4.49. The molecular weight excluding hydrogens is 322 g/mol. The monoisotopic (exact) mass is 341 g/mol. The first-order valence-corrected chi connectivity index (χ1v) is 9.43. The Morgan fingerprint density at radius 1 is 1.12 bits per heavy atom. The lowest BCUT2D eigenvalue weighted by Gasteiger charge is -2.08. The summed E-state index contributed by atoms with van der Waals surface area (Å²) in [5.41, 5.74) is 2.86. The van der Waals surface area contributed by atoms with E-state index >= 15 is 0 Å². The Bertz CT molecular complexity index is 914. The standard InChI is InChI=1S/C18H19N3O2S/c1-21-11-10-14(13-21)12-19-18-5-3-4-17(20-18)15-6-8-16(9-7-15)24(2,22)23/h3-11,13H,12H2,1-2H3,(H,19,20)/q+1. The Morgan fingerprint density at radius 2 is 1.88 bits per heavy atom. The number of rotatable bonds is 5. The van der Waals surface area contributed by atoms with Gasteiger partial charge in [0.15, 0.2) is 16.1 Å². The van der Waals surface area contributed by atoms with Crippen LogP contribution in [-0.4, -0.2) is 44.0 Å². The first kappa shape index (κ1) is 16.4. The lowest BCUT2D eigenvalue weighted by molar-refractivity contribution is -0.439. The van der Waals surface area contributed by atoms with Crippen LogP contribution in [0.1, 0.15) is 0 Å². The second-order valence-electron chi connectivity index (χ2n) is 5.74. The van der Waals surface area contributed by atoms with Crippen LogP contribution in [0.4, 0.5) is 5.82 Å². The molecule has 1 aliphatic rings. The van der Waals surface area contributed by atoms with Crippen molar-refractivity contribution < 1.29 is 13.0 Å². The zero-order valence-corrected chi connectivity index (χ0v) is 14.4. The largest absolute Gasteiger partial charge is 0.366 e. The third kappa shape index (κ3) is 3.89. The lowest BCUT2D eigenvalue weighted by atomic mass is 10.1. The van der Waals surface area contributed by atoms with Crippen molar-refractivity contribution in [3.05, 3.63) is 60.7 Å². The summed E-state index contributed by atoms with van der Waals surface area (Å²) in [6, 6.07) is 12.5. The van der Waals surface area contributed by atoms with Gasteiger partial charge in [-0.1, -0.05) is 18.2 Å². The van der Waals surface area contributed by atoms with Crippen molar-refractivity contribution in [2.75, 3.05) is 25.2 Å². The number of nitrogens with one attached hydrogen (secondary N) is 1. The van der Waals surface area contributed by atoms with Crippen LogP contribution in [0, 0.1) is 6.54 Å². The molecule has 1 aromatic heterocycles. The number of likely N-dealkylation sites (N-methyl/N-ethyl adjacent to an activating group) is 1. The molecule has 2 heterocycles. The molecule has 1 N–H and O–H groups in total. The van der Waals surface area contributed by atoms with Crippen LogP contribution in [0.15, 0.2) is 59.0 Å². The number of sulfone groups is 1. The Hall–Kier alpha value is -2.47. The van der Waals surface area contributed by atoms with Gasteiger partial charge in [-0.2, -0.15) is 0 Å². The molecule has 6 heteroatoms. The second-order valence-corrected chi connectivity index (χ2v) is 7.76.